The monoisotopic (exact) mass is 347 g/mol. The molecule has 2 nitrogen and oxygen atoms in total. The Morgan fingerprint density at radius 1 is 1.00 bits per heavy atom. The molecule has 128 valence electrons. The van der Waals surface area contributed by atoms with Crippen LogP contribution in [0.1, 0.15) is 16.8 Å². The fourth-order valence-electron chi connectivity index (χ4n) is 3.47. The smallest absolute Gasteiger partial charge is 0.360 e. The molecule has 1 aliphatic heterocycles. The second kappa shape index (κ2) is 4.95. The molecule has 2 heterocycles. The van der Waals surface area contributed by atoms with Gasteiger partial charge in [0.05, 0.1) is 11.2 Å². The molecule has 0 radical (unpaired) electrons. The zero-order valence-electron chi connectivity index (χ0n) is 13.1. The number of alkyl halides is 3. The number of benzene rings is 2. The van der Waals surface area contributed by atoms with Crippen LogP contribution < -0.4 is 0 Å². The van der Waals surface area contributed by atoms with E-state index in [1.54, 1.807) is 31.2 Å². The van der Waals surface area contributed by atoms with Crippen molar-refractivity contribution in [3.05, 3.63) is 77.2 Å². The van der Waals surface area contributed by atoms with Gasteiger partial charge in [-0.15, -0.1) is 0 Å². The molecule has 0 bridgehead atoms. The summed E-state index contributed by atoms with van der Waals surface area (Å²) in [5.41, 5.74) is -1.30. The Hall–Kier alpha value is -2.60. The predicted molar refractivity (Wildman–Crippen MR) is 86.4 cm³/mol. The largest absolute Gasteiger partial charge is 0.441 e. The molecule has 6 heteroatoms. The topological polar surface area (TPSA) is 25.2 Å². The lowest BCUT2D eigenvalue weighted by atomic mass is 9.99. The first-order valence-corrected chi connectivity index (χ1v) is 7.63. The molecule has 0 fully saturated rings. The molecule has 1 unspecified atom stereocenters. The minimum absolute atomic E-state index is 0.230. The van der Waals surface area contributed by atoms with Crippen LogP contribution in [0, 0.1) is 12.7 Å². The third-order valence-corrected chi connectivity index (χ3v) is 4.64. The standard InChI is InChI=1S/C19H13F4NO/c1-11-14-4-2-3-5-16(14)24-17(11)15(10-18(24,25)19(21,22)23)12-6-8-13(20)9-7-12/h2-10,25H,1H3. The van der Waals surface area contributed by atoms with E-state index in [0.29, 0.717) is 22.0 Å². The molecule has 0 spiro atoms. The highest BCUT2D eigenvalue weighted by Gasteiger charge is 2.58. The van der Waals surface area contributed by atoms with Gasteiger partial charge in [0.15, 0.2) is 0 Å². The Balaban J connectivity index is 2.09. The summed E-state index contributed by atoms with van der Waals surface area (Å²) < 4.78 is 55.3. The van der Waals surface area contributed by atoms with E-state index >= 15 is 0 Å². The van der Waals surface area contributed by atoms with Gasteiger partial charge in [-0.3, -0.25) is 0 Å². The summed E-state index contributed by atoms with van der Waals surface area (Å²) >= 11 is 0. The Kier molecular flexibility index (Phi) is 3.15. The SMILES string of the molecule is Cc1c2n(c3ccccc13)C(O)(C(F)(F)F)C=C2c1ccc(F)cc1. The number of nitrogens with zero attached hydrogens (tertiary/aromatic N) is 1. The number of aliphatic hydroxyl groups is 1. The fourth-order valence-corrected chi connectivity index (χ4v) is 3.47. The molecule has 0 aliphatic carbocycles. The highest BCUT2D eigenvalue weighted by molar-refractivity contribution is 5.95. The molecular weight excluding hydrogens is 334 g/mol. The van der Waals surface area contributed by atoms with Crippen molar-refractivity contribution in [2.75, 3.05) is 0 Å². The van der Waals surface area contributed by atoms with Crippen molar-refractivity contribution in [1.29, 1.82) is 0 Å². The second-order valence-corrected chi connectivity index (χ2v) is 6.11. The van der Waals surface area contributed by atoms with E-state index in [1.165, 1.54) is 24.3 Å². The van der Waals surface area contributed by atoms with Crippen molar-refractivity contribution in [2.24, 2.45) is 0 Å². The van der Waals surface area contributed by atoms with Crippen molar-refractivity contribution in [3.63, 3.8) is 0 Å². The fraction of sp³-hybridized carbons (Fsp3) is 0.158. The summed E-state index contributed by atoms with van der Waals surface area (Å²) in [5, 5.41) is 11.2. The molecule has 0 saturated carbocycles. The van der Waals surface area contributed by atoms with E-state index in [-0.39, 0.29) is 11.3 Å². The minimum Gasteiger partial charge on any atom is -0.360 e. The predicted octanol–water partition coefficient (Wildman–Crippen LogP) is 4.74. The summed E-state index contributed by atoms with van der Waals surface area (Å²) in [6.07, 6.45) is -4.10. The third kappa shape index (κ3) is 2.07. The molecule has 0 amide bonds. The molecule has 1 atom stereocenters. The van der Waals surface area contributed by atoms with Crippen LogP contribution in [0.4, 0.5) is 17.6 Å². The average molecular weight is 347 g/mol. The number of hydrogen-bond acceptors (Lipinski definition) is 1. The molecule has 25 heavy (non-hydrogen) atoms. The lowest BCUT2D eigenvalue weighted by Crippen LogP contribution is -2.44. The quantitative estimate of drug-likeness (QED) is 0.632. The van der Waals surface area contributed by atoms with Crippen LogP contribution in [0.25, 0.3) is 16.5 Å². The van der Waals surface area contributed by atoms with Gasteiger partial charge in [-0.05, 0) is 42.3 Å². The van der Waals surface area contributed by atoms with Gasteiger partial charge in [0, 0.05) is 11.0 Å². The van der Waals surface area contributed by atoms with E-state index in [9.17, 15) is 22.7 Å². The van der Waals surface area contributed by atoms with Gasteiger partial charge < -0.3 is 9.67 Å². The van der Waals surface area contributed by atoms with Crippen molar-refractivity contribution in [1.82, 2.24) is 4.57 Å². The van der Waals surface area contributed by atoms with E-state index in [0.717, 1.165) is 10.6 Å². The molecular formula is C19H13F4NO. The van der Waals surface area contributed by atoms with Gasteiger partial charge in [-0.25, -0.2) is 4.39 Å². The molecule has 2 aromatic carbocycles. The maximum Gasteiger partial charge on any atom is 0.441 e. The highest BCUT2D eigenvalue weighted by Crippen LogP contribution is 2.49. The van der Waals surface area contributed by atoms with Crippen LogP contribution in [0.5, 0.6) is 0 Å². The lowest BCUT2D eigenvalue weighted by Gasteiger charge is -2.27. The maximum atomic E-state index is 13.7. The number of hydrogen-bond donors (Lipinski definition) is 1. The van der Waals surface area contributed by atoms with Crippen LogP contribution in [0.2, 0.25) is 0 Å². The summed E-state index contributed by atoms with van der Waals surface area (Å²) in [6, 6.07) is 11.8. The van der Waals surface area contributed by atoms with Crippen molar-refractivity contribution in [2.45, 2.75) is 18.8 Å². The number of fused-ring (bicyclic) bond motifs is 3. The maximum absolute atomic E-state index is 13.7. The molecule has 3 aromatic rings. The van der Waals surface area contributed by atoms with Gasteiger partial charge in [-0.1, -0.05) is 30.3 Å². The zero-order valence-corrected chi connectivity index (χ0v) is 13.1. The number of rotatable bonds is 1. The summed E-state index contributed by atoms with van der Waals surface area (Å²) in [4.78, 5) is 0. The summed E-state index contributed by atoms with van der Waals surface area (Å²) in [6.45, 7) is 1.72. The molecule has 0 saturated heterocycles. The van der Waals surface area contributed by atoms with Gasteiger partial charge in [-0.2, -0.15) is 13.2 Å². The number of halogens is 4. The highest BCUT2D eigenvalue weighted by atomic mass is 19.4. The summed E-state index contributed by atoms with van der Waals surface area (Å²) in [5.74, 6) is -0.481. The average Bonchev–Trinajstić information content (AvgIpc) is 3.04. The Morgan fingerprint density at radius 2 is 1.64 bits per heavy atom. The van der Waals surface area contributed by atoms with Gasteiger partial charge >= 0.3 is 6.18 Å². The molecule has 1 aliphatic rings. The van der Waals surface area contributed by atoms with Crippen LogP contribution in [0.15, 0.2) is 54.6 Å². The summed E-state index contributed by atoms with van der Waals surface area (Å²) in [7, 11) is 0. The van der Waals surface area contributed by atoms with Crippen molar-refractivity contribution < 1.29 is 22.7 Å². The van der Waals surface area contributed by atoms with E-state index in [1.807, 2.05) is 0 Å². The third-order valence-electron chi connectivity index (χ3n) is 4.64. The number of aryl methyl sites for hydroxylation is 1. The first-order valence-electron chi connectivity index (χ1n) is 7.63. The molecule has 4 rings (SSSR count). The first-order chi connectivity index (χ1) is 11.7. The molecule has 1 aromatic heterocycles. The van der Waals surface area contributed by atoms with Crippen LogP contribution in [0.3, 0.4) is 0 Å². The van der Waals surface area contributed by atoms with E-state index in [4.69, 9.17) is 0 Å². The Labute approximate surface area is 140 Å². The lowest BCUT2D eigenvalue weighted by molar-refractivity contribution is -0.272. The van der Waals surface area contributed by atoms with Crippen molar-refractivity contribution >= 4 is 16.5 Å². The van der Waals surface area contributed by atoms with Crippen LogP contribution in [-0.2, 0) is 5.72 Å². The Morgan fingerprint density at radius 3 is 2.28 bits per heavy atom. The van der Waals surface area contributed by atoms with Crippen molar-refractivity contribution in [3.8, 4) is 0 Å². The van der Waals surface area contributed by atoms with Gasteiger partial charge in [0.2, 0.25) is 0 Å². The second-order valence-electron chi connectivity index (χ2n) is 6.11. The van der Waals surface area contributed by atoms with E-state index < -0.39 is 17.7 Å². The number of aromatic nitrogens is 1. The van der Waals surface area contributed by atoms with Crippen LogP contribution in [-0.4, -0.2) is 15.8 Å². The minimum atomic E-state index is -4.90. The van der Waals surface area contributed by atoms with Crippen LogP contribution >= 0.6 is 0 Å². The first kappa shape index (κ1) is 15.9. The zero-order chi connectivity index (χ0) is 18.0. The van der Waals surface area contributed by atoms with Gasteiger partial charge in [0.25, 0.3) is 5.72 Å². The number of para-hydroxylation sites is 1. The van der Waals surface area contributed by atoms with Gasteiger partial charge in [0.1, 0.15) is 5.82 Å². The molecule has 1 N–H and O–H groups in total. The normalized spacial score (nSPS) is 20.0. The Bertz CT molecular complexity index is 1010. The van der Waals surface area contributed by atoms with E-state index in [2.05, 4.69) is 0 Å².